The maximum atomic E-state index is 11.9. The van der Waals surface area contributed by atoms with E-state index in [2.05, 4.69) is 32.4 Å². The van der Waals surface area contributed by atoms with Gasteiger partial charge in [0.1, 0.15) is 10.7 Å². The summed E-state index contributed by atoms with van der Waals surface area (Å²) in [6, 6.07) is 0. The number of amides is 1. The lowest BCUT2D eigenvalue weighted by Crippen LogP contribution is -2.43. The smallest absolute Gasteiger partial charge is 0.266 e. The zero-order valence-electron chi connectivity index (χ0n) is 10.8. The van der Waals surface area contributed by atoms with Gasteiger partial charge in [-0.1, -0.05) is 17.3 Å². The number of carbonyl (C=O) groups is 1. The minimum absolute atomic E-state index is 0.209. The third-order valence-corrected chi connectivity index (χ3v) is 3.88. The Morgan fingerprint density at radius 2 is 2.32 bits per heavy atom. The first kappa shape index (κ1) is 13.6. The molecule has 1 aromatic heterocycles. The van der Waals surface area contributed by atoms with Crippen LogP contribution in [0.2, 0.25) is 0 Å². The monoisotopic (exact) mass is 279 g/mol. The van der Waals surface area contributed by atoms with Crippen molar-refractivity contribution in [3.05, 3.63) is 4.88 Å². The summed E-state index contributed by atoms with van der Waals surface area (Å²) in [7, 11) is 0. The minimum Gasteiger partial charge on any atom is -0.382 e. The fraction of sp³-hybridized carbons (Fsp3) is 0.500. The number of carbonyl (C=O) groups excluding carboxylic acids is 1. The van der Waals surface area contributed by atoms with E-state index in [-0.39, 0.29) is 5.91 Å². The fourth-order valence-electron chi connectivity index (χ4n) is 1.77. The Bertz CT molecular complexity index is 510. The van der Waals surface area contributed by atoms with Gasteiger partial charge in [-0.15, -0.1) is 5.92 Å². The first-order valence-electron chi connectivity index (χ1n) is 6.12. The Labute approximate surface area is 116 Å². The van der Waals surface area contributed by atoms with E-state index >= 15 is 0 Å². The van der Waals surface area contributed by atoms with Crippen molar-refractivity contribution in [1.82, 2.24) is 15.6 Å². The highest BCUT2D eigenvalue weighted by molar-refractivity contribution is 7.18. The molecule has 1 amide bonds. The van der Waals surface area contributed by atoms with E-state index in [1.165, 1.54) is 11.3 Å². The quantitative estimate of drug-likeness (QED) is 0.672. The number of anilines is 2. The van der Waals surface area contributed by atoms with Crippen molar-refractivity contribution in [3.63, 3.8) is 0 Å². The van der Waals surface area contributed by atoms with Gasteiger partial charge in [0.05, 0.1) is 6.54 Å². The molecule has 19 heavy (non-hydrogen) atoms. The molecule has 7 heteroatoms. The average Bonchev–Trinajstić information content (AvgIpc) is 2.82. The molecule has 2 rings (SSSR count). The van der Waals surface area contributed by atoms with E-state index in [1.54, 1.807) is 6.92 Å². The van der Waals surface area contributed by atoms with Gasteiger partial charge in [0, 0.05) is 26.2 Å². The van der Waals surface area contributed by atoms with Crippen molar-refractivity contribution in [1.29, 1.82) is 0 Å². The third kappa shape index (κ3) is 3.36. The molecule has 0 aliphatic carbocycles. The SMILES string of the molecule is CC#CCNC(=O)c1sc(N2CCNCC2)nc1N. The molecule has 0 saturated carbocycles. The number of nitrogens with zero attached hydrogens (tertiary/aromatic N) is 2. The number of hydrogen-bond donors (Lipinski definition) is 3. The summed E-state index contributed by atoms with van der Waals surface area (Å²) in [4.78, 5) is 18.8. The Morgan fingerprint density at radius 1 is 1.58 bits per heavy atom. The normalized spacial score (nSPS) is 14.7. The highest BCUT2D eigenvalue weighted by atomic mass is 32.1. The predicted molar refractivity (Wildman–Crippen MR) is 77.4 cm³/mol. The number of rotatable bonds is 3. The van der Waals surface area contributed by atoms with Crippen LogP contribution in [0.3, 0.4) is 0 Å². The molecule has 4 N–H and O–H groups in total. The molecule has 1 saturated heterocycles. The number of piperazine rings is 1. The highest BCUT2D eigenvalue weighted by Crippen LogP contribution is 2.28. The highest BCUT2D eigenvalue weighted by Gasteiger charge is 2.20. The van der Waals surface area contributed by atoms with Gasteiger partial charge in [0.2, 0.25) is 0 Å². The molecule has 2 heterocycles. The lowest BCUT2D eigenvalue weighted by Gasteiger charge is -2.26. The number of thiazole rings is 1. The zero-order valence-corrected chi connectivity index (χ0v) is 11.6. The zero-order chi connectivity index (χ0) is 13.7. The maximum absolute atomic E-state index is 11.9. The second kappa shape index (κ2) is 6.41. The molecule has 0 bridgehead atoms. The predicted octanol–water partition coefficient (Wildman–Crippen LogP) is -0.112. The Balaban J connectivity index is 2.06. The summed E-state index contributed by atoms with van der Waals surface area (Å²) < 4.78 is 0. The van der Waals surface area contributed by atoms with Crippen LogP contribution in [0.25, 0.3) is 0 Å². The number of nitrogen functional groups attached to an aromatic ring is 1. The summed E-state index contributed by atoms with van der Waals surface area (Å²) in [5.41, 5.74) is 5.81. The molecule has 1 fully saturated rings. The van der Waals surface area contributed by atoms with Crippen LogP contribution in [-0.4, -0.2) is 43.6 Å². The first-order valence-corrected chi connectivity index (χ1v) is 6.94. The van der Waals surface area contributed by atoms with E-state index in [1.807, 2.05) is 0 Å². The molecular formula is C12H17N5OS. The molecule has 6 nitrogen and oxygen atoms in total. The largest absolute Gasteiger partial charge is 0.382 e. The molecule has 0 aromatic carbocycles. The van der Waals surface area contributed by atoms with Crippen molar-refractivity contribution < 1.29 is 4.79 Å². The number of hydrogen-bond acceptors (Lipinski definition) is 6. The van der Waals surface area contributed by atoms with Gasteiger partial charge in [0.25, 0.3) is 5.91 Å². The summed E-state index contributed by atoms with van der Waals surface area (Å²) >= 11 is 1.33. The number of nitrogens with two attached hydrogens (primary N) is 1. The summed E-state index contributed by atoms with van der Waals surface area (Å²) in [6.45, 7) is 5.68. The van der Waals surface area contributed by atoms with E-state index in [9.17, 15) is 4.79 Å². The maximum Gasteiger partial charge on any atom is 0.266 e. The Kier molecular flexibility index (Phi) is 4.60. The van der Waals surface area contributed by atoms with Gasteiger partial charge in [0.15, 0.2) is 5.13 Å². The van der Waals surface area contributed by atoms with Crippen molar-refractivity contribution in [2.45, 2.75) is 6.92 Å². The first-order chi connectivity index (χ1) is 9.22. The van der Waals surface area contributed by atoms with Crippen molar-refractivity contribution in [2.24, 2.45) is 0 Å². The molecule has 102 valence electrons. The average molecular weight is 279 g/mol. The van der Waals surface area contributed by atoms with Gasteiger partial charge in [-0.25, -0.2) is 4.98 Å². The van der Waals surface area contributed by atoms with Crippen LogP contribution < -0.4 is 21.3 Å². The summed E-state index contributed by atoms with van der Waals surface area (Å²) in [5.74, 6) is 5.59. The van der Waals surface area contributed by atoms with Crippen LogP contribution in [0.4, 0.5) is 10.9 Å². The molecule has 1 aliphatic heterocycles. The van der Waals surface area contributed by atoms with E-state index in [0.29, 0.717) is 17.2 Å². The molecule has 1 aromatic rings. The van der Waals surface area contributed by atoms with Crippen molar-refractivity contribution in [3.8, 4) is 11.8 Å². The Hall–Kier alpha value is -1.78. The van der Waals surface area contributed by atoms with Crippen molar-refractivity contribution in [2.75, 3.05) is 43.4 Å². The van der Waals surface area contributed by atoms with Crippen molar-refractivity contribution >= 4 is 28.2 Å². The van der Waals surface area contributed by atoms with Crippen LogP contribution in [-0.2, 0) is 0 Å². The van der Waals surface area contributed by atoms with Gasteiger partial charge >= 0.3 is 0 Å². The van der Waals surface area contributed by atoms with Crippen LogP contribution >= 0.6 is 11.3 Å². The topological polar surface area (TPSA) is 83.3 Å². The van der Waals surface area contributed by atoms with Gasteiger partial charge in [-0.05, 0) is 6.92 Å². The van der Waals surface area contributed by atoms with Gasteiger partial charge < -0.3 is 21.3 Å². The molecule has 0 atom stereocenters. The number of aromatic nitrogens is 1. The van der Waals surface area contributed by atoms with Crippen LogP contribution in [0, 0.1) is 11.8 Å². The molecule has 1 aliphatic rings. The molecule has 0 unspecified atom stereocenters. The summed E-state index contributed by atoms with van der Waals surface area (Å²) in [6.07, 6.45) is 0. The van der Waals surface area contributed by atoms with Gasteiger partial charge in [-0.2, -0.15) is 0 Å². The second-order valence-electron chi connectivity index (χ2n) is 4.06. The minimum atomic E-state index is -0.209. The standard InChI is InChI=1S/C12H17N5OS/c1-2-3-4-15-11(18)9-10(13)16-12(19-9)17-7-5-14-6-8-17/h14H,4-8,13H2,1H3,(H,15,18). The molecule has 0 radical (unpaired) electrons. The summed E-state index contributed by atoms with van der Waals surface area (Å²) in [5, 5.41) is 6.79. The Morgan fingerprint density at radius 3 is 3.00 bits per heavy atom. The van der Waals surface area contributed by atoms with E-state index in [0.717, 1.165) is 31.3 Å². The lowest BCUT2D eigenvalue weighted by atomic mass is 10.4. The fourth-order valence-corrected chi connectivity index (χ4v) is 2.72. The molecule has 0 spiro atoms. The number of nitrogens with one attached hydrogen (secondary N) is 2. The van der Waals surface area contributed by atoms with E-state index in [4.69, 9.17) is 5.73 Å². The third-order valence-electron chi connectivity index (χ3n) is 2.75. The molecular weight excluding hydrogens is 262 g/mol. The van der Waals surface area contributed by atoms with Crippen LogP contribution in [0.1, 0.15) is 16.6 Å². The second-order valence-corrected chi connectivity index (χ2v) is 5.03. The lowest BCUT2D eigenvalue weighted by molar-refractivity contribution is 0.0963. The van der Waals surface area contributed by atoms with Crippen LogP contribution in [0.15, 0.2) is 0 Å². The van der Waals surface area contributed by atoms with Crippen LogP contribution in [0.5, 0.6) is 0 Å². The van der Waals surface area contributed by atoms with E-state index < -0.39 is 0 Å². The van der Waals surface area contributed by atoms with Gasteiger partial charge in [-0.3, -0.25) is 4.79 Å².